The molecule has 3 nitrogen and oxygen atoms in total. The topological polar surface area (TPSA) is 30.7 Å². The van der Waals surface area contributed by atoms with E-state index in [2.05, 4.69) is 49.6 Å². The number of nitrogens with zero attached hydrogens (tertiary/aromatic N) is 3. The number of rotatable bonds is 8. The average Bonchev–Trinajstić information content (AvgIpc) is 2.66. The van der Waals surface area contributed by atoms with Gasteiger partial charge >= 0.3 is 0 Å². The van der Waals surface area contributed by atoms with Crippen molar-refractivity contribution in [2.24, 2.45) is 5.41 Å². The van der Waals surface area contributed by atoms with E-state index >= 15 is 0 Å². The predicted molar refractivity (Wildman–Crippen MR) is 81.3 cm³/mol. The van der Waals surface area contributed by atoms with Gasteiger partial charge in [0, 0.05) is 6.54 Å². The van der Waals surface area contributed by atoms with Crippen LogP contribution in [-0.2, 0) is 19.4 Å². The minimum Gasteiger partial charge on any atom is -0.249 e. The first-order valence-electron chi connectivity index (χ1n) is 7.89. The molecule has 1 rings (SSSR count). The van der Waals surface area contributed by atoms with Crippen LogP contribution < -0.4 is 0 Å². The quantitative estimate of drug-likeness (QED) is 0.652. The minimum absolute atomic E-state index is 0.283. The standard InChI is InChI=1S/C16H31N3/c1-6-8-9-10-12-19-15(11-7-2)14(17-18-19)13-16(3,4)5/h6-13H2,1-5H3. The molecule has 0 saturated heterocycles. The molecule has 0 saturated carbocycles. The third kappa shape index (κ3) is 5.75. The number of hydrogen-bond acceptors (Lipinski definition) is 2. The summed E-state index contributed by atoms with van der Waals surface area (Å²) in [6.45, 7) is 12.3. The fourth-order valence-electron chi connectivity index (χ4n) is 2.39. The van der Waals surface area contributed by atoms with Crippen LogP contribution in [0.1, 0.15) is 78.1 Å². The van der Waals surface area contributed by atoms with Crippen molar-refractivity contribution >= 4 is 0 Å². The second-order valence-electron chi connectivity index (χ2n) is 6.75. The van der Waals surface area contributed by atoms with Crippen LogP contribution in [0.25, 0.3) is 0 Å². The first-order chi connectivity index (χ1) is 8.98. The summed E-state index contributed by atoms with van der Waals surface area (Å²) < 4.78 is 2.15. The molecule has 0 atom stereocenters. The third-order valence-corrected chi connectivity index (χ3v) is 3.33. The highest BCUT2D eigenvalue weighted by atomic mass is 15.4. The van der Waals surface area contributed by atoms with Crippen molar-refractivity contribution in [3.8, 4) is 0 Å². The van der Waals surface area contributed by atoms with Crippen LogP contribution in [0.4, 0.5) is 0 Å². The van der Waals surface area contributed by atoms with E-state index in [0.29, 0.717) is 0 Å². The van der Waals surface area contributed by atoms with Gasteiger partial charge in [-0.2, -0.15) is 0 Å². The third-order valence-electron chi connectivity index (χ3n) is 3.33. The molecule has 0 aliphatic rings. The maximum atomic E-state index is 4.43. The Kier molecular flexibility index (Phi) is 6.53. The molecule has 0 amide bonds. The molecule has 0 fully saturated rings. The number of hydrogen-bond donors (Lipinski definition) is 0. The molecule has 0 radical (unpaired) electrons. The molecule has 1 aromatic rings. The van der Waals surface area contributed by atoms with Crippen molar-refractivity contribution in [2.45, 2.75) is 86.1 Å². The Morgan fingerprint density at radius 3 is 2.32 bits per heavy atom. The van der Waals surface area contributed by atoms with Crippen molar-refractivity contribution < 1.29 is 0 Å². The molecule has 0 unspecified atom stereocenters. The summed E-state index contributed by atoms with van der Waals surface area (Å²) in [6.07, 6.45) is 8.43. The normalized spacial score (nSPS) is 12.1. The van der Waals surface area contributed by atoms with Crippen LogP contribution in [0.5, 0.6) is 0 Å². The van der Waals surface area contributed by atoms with E-state index in [1.165, 1.54) is 43.5 Å². The largest absolute Gasteiger partial charge is 0.249 e. The molecule has 1 heterocycles. The minimum atomic E-state index is 0.283. The lowest BCUT2D eigenvalue weighted by Gasteiger charge is -2.17. The second-order valence-corrected chi connectivity index (χ2v) is 6.75. The second kappa shape index (κ2) is 7.66. The summed E-state index contributed by atoms with van der Waals surface area (Å²) in [5.74, 6) is 0. The Balaban J connectivity index is 2.69. The zero-order valence-electron chi connectivity index (χ0n) is 13.5. The molecule has 110 valence electrons. The lowest BCUT2D eigenvalue weighted by Crippen LogP contribution is -2.12. The molecule has 0 spiro atoms. The van der Waals surface area contributed by atoms with Crippen LogP contribution in [0, 0.1) is 5.41 Å². The predicted octanol–water partition coefficient (Wildman–Crippen LogP) is 4.40. The Bertz CT molecular complexity index is 361. The highest BCUT2D eigenvalue weighted by Crippen LogP contribution is 2.22. The highest BCUT2D eigenvalue weighted by Gasteiger charge is 2.18. The molecule has 0 N–H and O–H groups in total. The number of aromatic nitrogens is 3. The summed E-state index contributed by atoms with van der Waals surface area (Å²) in [4.78, 5) is 0. The van der Waals surface area contributed by atoms with E-state index < -0.39 is 0 Å². The molecule has 0 bridgehead atoms. The van der Waals surface area contributed by atoms with Crippen LogP contribution in [-0.4, -0.2) is 15.0 Å². The SMILES string of the molecule is CCCCCCn1nnc(CC(C)(C)C)c1CCC. The van der Waals surface area contributed by atoms with E-state index in [-0.39, 0.29) is 5.41 Å². The van der Waals surface area contributed by atoms with Gasteiger partial charge in [-0.3, -0.25) is 0 Å². The number of aryl methyl sites for hydroxylation is 1. The van der Waals surface area contributed by atoms with Crippen molar-refractivity contribution in [1.82, 2.24) is 15.0 Å². The number of unbranched alkanes of at least 4 members (excludes halogenated alkanes) is 3. The highest BCUT2D eigenvalue weighted by molar-refractivity contribution is 5.12. The molecule has 0 aromatic carbocycles. The molecule has 1 aromatic heterocycles. The summed E-state index contributed by atoms with van der Waals surface area (Å²) in [5.41, 5.74) is 2.87. The molecular formula is C16H31N3. The maximum Gasteiger partial charge on any atom is 0.0864 e. The van der Waals surface area contributed by atoms with E-state index in [0.717, 1.165) is 19.4 Å². The van der Waals surface area contributed by atoms with Gasteiger partial charge in [-0.15, -0.1) is 5.10 Å². The van der Waals surface area contributed by atoms with E-state index in [1.807, 2.05) is 0 Å². The maximum absolute atomic E-state index is 4.43. The zero-order chi connectivity index (χ0) is 14.3. The van der Waals surface area contributed by atoms with Gasteiger partial charge in [0.25, 0.3) is 0 Å². The van der Waals surface area contributed by atoms with Crippen LogP contribution in [0.15, 0.2) is 0 Å². The molecule has 19 heavy (non-hydrogen) atoms. The van der Waals surface area contributed by atoms with Gasteiger partial charge in [-0.1, -0.05) is 65.5 Å². The van der Waals surface area contributed by atoms with Crippen molar-refractivity contribution in [1.29, 1.82) is 0 Å². The van der Waals surface area contributed by atoms with Gasteiger partial charge in [0.2, 0.25) is 0 Å². The van der Waals surface area contributed by atoms with Crippen molar-refractivity contribution in [3.05, 3.63) is 11.4 Å². The molecule has 3 heteroatoms. The average molecular weight is 265 g/mol. The Morgan fingerprint density at radius 1 is 1.00 bits per heavy atom. The lowest BCUT2D eigenvalue weighted by molar-refractivity contribution is 0.404. The molecular weight excluding hydrogens is 234 g/mol. The monoisotopic (exact) mass is 265 g/mol. The summed E-state index contributed by atoms with van der Waals surface area (Å²) in [7, 11) is 0. The summed E-state index contributed by atoms with van der Waals surface area (Å²) in [6, 6.07) is 0. The van der Waals surface area contributed by atoms with Gasteiger partial charge in [-0.25, -0.2) is 4.68 Å². The fraction of sp³-hybridized carbons (Fsp3) is 0.875. The Labute approximate surface area is 118 Å². The van der Waals surface area contributed by atoms with Crippen molar-refractivity contribution in [3.63, 3.8) is 0 Å². The summed E-state index contributed by atoms with van der Waals surface area (Å²) in [5, 5.41) is 8.82. The van der Waals surface area contributed by atoms with E-state index in [1.54, 1.807) is 0 Å². The first-order valence-corrected chi connectivity index (χ1v) is 7.89. The van der Waals surface area contributed by atoms with Crippen LogP contribution >= 0.6 is 0 Å². The zero-order valence-corrected chi connectivity index (χ0v) is 13.5. The van der Waals surface area contributed by atoms with Crippen LogP contribution in [0.2, 0.25) is 0 Å². The van der Waals surface area contributed by atoms with Gasteiger partial charge in [-0.05, 0) is 24.7 Å². The Morgan fingerprint density at radius 2 is 1.74 bits per heavy atom. The van der Waals surface area contributed by atoms with E-state index in [9.17, 15) is 0 Å². The summed E-state index contributed by atoms with van der Waals surface area (Å²) >= 11 is 0. The van der Waals surface area contributed by atoms with Gasteiger partial charge in [0.1, 0.15) is 0 Å². The van der Waals surface area contributed by atoms with Gasteiger partial charge in [0.15, 0.2) is 0 Å². The van der Waals surface area contributed by atoms with Gasteiger partial charge < -0.3 is 0 Å². The Hall–Kier alpha value is -0.860. The van der Waals surface area contributed by atoms with E-state index in [4.69, 9.17) is 0 Å². The molecule has 0 aliphatic carbocycles. The lowest BCUT2D eigenvalue weighted by atomic mass is 9.89. The van der Waals surface area contributed by atoms with Crippen LogP contribution in [0.3, 0.4) is 0 Å². The smallest absolute Gasteiger partial charge is 0.0864 e. The molecule has 0 aliphatic heterocycles. The first kappa shape index (κ1) is 16.2. The van der Waals surface area contributed by atoms with Gasteiger partial charge in [0.05, 0.1) is 11.4 Å². The fourth-order valence-corrected chi connectivity index (χ4v) is 2.39. The van der Waals surface area contributed by atoms with Crippen molar-refractivity contribution in [2.75, 3.05) is 0 Å².